The number of aliphatic hydroxyl groups is 1. The fourth-order valence-electron chi connectivity index (χ4n) is 3.50. The lowest BCUT2D eigenvalue weighted by molar-refractivity contribution is 0.103. The maximum absolute atomic E-state index is 11.2. The Morgan fingerprint density at radius 3 is 2.29 bits per heavy atom. The normalized spacial score (nSPS) is 12.6. The summed E-state index contributed by atoms with van der Waals surface area (Å²) in [6.07, 6.45) is 2.12. The minimum Gasteiger partial charge on any atom is -0.465 e. The molecule has 0 aliphatic carbocycles. The summed E-state index contributed by atoms with van der Waals surface area (Å²) in [6.45, 7) is 9.96. The average molecular weight is 490 g/mol. The lowest BCUT2D eigenvalue weighted by Gasteiger charge is -2.28. The number of amides is 1. The van der Waals surface area contributed by atoms with E-state index in [1.54, 1.807) is 11.9 Å². The number of hydrogen-bond donors (Lipinski definition) is 4. The van der Waals surface area contributed by atoms with Crippen LogP contribution in [0.2, 0.25) is 0 Å². The molecule has 2 rings (SSSR count). The molecule has 4 N–H and O–H groups in total. The van der Waals surface area contributed by atoms with E-state index in [0.717, 1.165) is 35.0 Å². The summed E-state index contributed by atoms with van der Waals surface area (Å²) < 4.78 is 2.08. The van der Waals surface area contributed by atoms with E-state index in [-0.39, 0.29) is 0 Å². The first-order valence-corrected chi connectivity index (χ1v) is 13.0. The third kappa shape index (κ3) is 12.9. The molecule has 34 heavy (non-hydrogen) atoms. The quantitative estimate of drug-likeness (QED) is 0.253. The van der Waals surface area contributed by atoms with Gasteiger partial charge in [-0.3, -0.25) is 0 Å². The van der Waals surface area contributed by atoms with Crippen LogP contribution in [0.15, 0.2) is 59.5 Å². The summed E-state index contributed by atoms with van der Waals surface area (Å²) in [6, 6.07) is 17.1. The number of nitrogens with zero attached hydrogens (tertiary/aromatic N) is 1. The SMILES string of the molecule is CCCC(C)C.CCCN(CC(O)C(Cc1ccccc1)NC(=O)O)Sc1cccc(NC)c1. The Labute approximate surface area is 210 Å². The van der Waals surface area contributed by atoms with Crippen molar-refractivity contribution in [3.63, 3.8) is 0 Å². The molecule has 2 aromatic rings. The topological polar surface area (TPSA) is 84.8 Å². The van der Waals surface area contributed by atoms with Gasteiger partial charge in [0, 0.05) is 30.7 Å². The van der Waals surface area contributed by atoms with Gasteiger partial charge < -0.3 is 20.8 Å². The van der Waals surface area contributed by atoms with Gasteiger partial charge in [-0.2, -0.15) is 0 Å². The predicted octanol–water partition coefficient (Wildman–Crippen LogP) is 6.13. The Hall–Kier alpha value is -2.22. The fourth-order valence-corrected chi connectivity index (χ4v) is 4.62. The minimum absolute atomic E-state index is 0.361. The predicted molar refractivity (Wildman–Crippen MR) is 145 cm³/mol. The van der Waals surface area contributed by atoms with Crippen LogP contribution < -0.4 is 10.6 Å². The Balaban J connectivity index is 0.000000852. The molecular formula is C27H43N3O3S. The zero-order valence-corrected chi connectivity index (χ0v) is 22.1. The number of rotatable bonds is 13. The Kier molecular flexibility index (Phi) is 15.1. The second kappa shape index (κ2) is 17.2. The fraction of sp³-hybridized carbons (Fsp3) is 0.519. The summed E-state index contributed by atoms with van der Waals surface area (Å²) in [7, 11) is 1.88. The number of hydrogen-bond acceptors (Lipinski definition) is 5. The van der Waals surface area contributed by atoms with E-state index in [1.807, 2.05) is 55.6 Å². The van der Waals surface area contributed by atoms with Gasteiger partial charge in [0.2, 0.25) is 0 Å². The molecule has 0 spiro atoms. The summed E-state index contributed by atoms with van der Waals surface area (Å²) >= 11 is 1.57. The van der Waals surface area contributed by atoms with Gasteiger partial charge in [-0.25, -0.2) is 9.10 Å². The molecule has 0 saturated heterocycles. The van der Waals surface area contributed by atoms with E-state index < -0.39 is 18.2 Å². The molecule has 0 fully saturated rings. The van der Waals surface area contributed by atoms with Crippen molar-refractivity contribution in [2.45, 2.75) is 70.4 Å². The molecule has 0 aliphatic heterocycles. The summed E-state index contributed by atoms with van der Waals surface area (Å²) in [5.74, 6) is 0.898. The molecule has 0 aliphatic rings. The number of nitrogens with one attached hydrogen (secondary N) is 2. The van der Waals surface area contributed by atoms with Crippen LogP contribution in [0.4, 0.5) is 10.5 Å². The molecule has 0 saturated carbocycles. The van der Waals surface area contributed by atoms with Crippen molar-refractivity contribution >= 4 is 23.7 Å². The van der Waals surface area contributed by atoms with Crippen molar-refractivity contribution in [2.24, 2.45) is 5.92 Å². The molecule has 2 unspecified atom stereocenters. The van der Waals surface area contributed by atoms with Crippen molar-refractivity contribution in [2.75, 3.05) is 25.5 Å². The zero-order valence-electron chi connectivity index (χ0n) is 21.3. The third-order valence-electron chi connectivity index (χ3n) is 5.16. The Morgan fingerprint density at radius 2 is 1.76 bits per heavy atom. The molecule has 6 nitrogen and oxygen atoms in total. The lowest BCUT2D eigenvalue weighted by Crippen LogP contribution is -2.48. The van der Waals surface area contributed by atoms with Crippen LogP contribution in [0.1, 0.15) is 52.5 Å². The number of carbonyl (C=O) groups is 1. The molecule has 2 aromatic carbocycles. The zero-order chi connectivity index (χ0) is 25.3. The van der Waals surface area contributed by atoms with Crippen molar-refractivity contribution in [3.8, 4) is 0 Å². The highest BCUT2D eigenvalue weighted by atomic mass is 32.2. The number of aliphatic hydroxyl groups excluding tert-OH is 1. The van der Waals surface area contributed by atoms with Gasteiger partial charge in [0.1, 0.15) is 0 Å². The first-order chi connectivity index (χ1) is 16.3. The second-order valence-corrected chi connectivity index (χ2v) is 9.92. The van der Waals surface area contributed by atoms with Gasteiger partial charge in [-0.1, -0.05) is 76.9 Å². The second-order valence-electron chi connectivity index (χ2n) is 8.75. The average Bonchev–Trinajstić information content (AvgIpc) is 2.79. The van der Waals surface area contributed by atoms with Crippen LogP contribution in [0, 0.1) is 5.92 Å². The van der Waals surface area contributed by atoms with Gasteiger partial charge in [-0.05, 0) is 54.5 Å². The monoisotopic (exact) mass is 489 g/mol. The molecule has 1 amide bonds. The van der Waals surface area contributed by atoms with Crippen molar-refractivity contribution in [3.05, 3.63) is 60.2 Å². The van der Waals surface area contributed by atoms with Crippen LogP contribution in [0.3, 0.4) is 0 Å². The van der Waals surface area contributed by atoms with E-state index >= 15 is 0 Å². The van der Waals surface area contributed by atoms with Crippen LogP contribution >= 0.6 is 11.9 Å². The molecule has 190 valence electrons. The van der Waals surface area contributed by atoms with E-state index in [9.17, 15) is 15.0 Å². The van der Waals surface area contributed by atoms with Crippen LogP contribution in [-0.2, 0) is 6.42 Å². The van der Waals surface area contributed by atoms with Crippen LogP contribution in [0.5, 0.6) is 0 Å². The highest BCUT2D eigenvalue weighted by molar-refractivity contribution is 7.97. The number of benzene rings is 2. The Morgan fingerprint density at radius 1 is 1.06 bits per heavy atom. The van der Waals surface area contributed by atoms with Crippen LogP contribution in [-0.4, -0.2) is 52.9 Å². The summed E-state index contributed by atoms with van der Waals surface area (Å²) in [5.41, 5.74) is 2.01. The standard InChI is InChI=1S/C21H29N3O3S.C6H14/c1-3-12-24(28-18-11-7-10-17(14-18)22-2)15-20(25)19(23-21(26)27)13-16-8-5-4-6-9-16;1-4-5-6(2)3/h4-11,14,19-20,22-23,25H,3,12-13,15H2,1-2H3,(H,26,27);6H,4-5H2,1-3H3. The minimum atomic E-state index is -1.13. The highest BCUT2D eigenvalue weighted by Gasteiger charge is 2.24. The third-order valence-corrected chi connectivity index (χ3v) is 6.21. The molecule has 2 atom stereocenters. The Bertz CT molecular complexity index is 805. The lowest BCUT2D eigenvalue weighted by atomic mass is 10.0. The van der Waals surface area contributed by atoms with Crippen molar-refractivity contribution in [1.29, 1.82) is 0 Å². The van der Waals surface area contributed by atoms with Gasteiger partial charge in [0.05, 0.1) is 12.1 Å². The molecule has 0 heterocycles. The van der Waals surface area contributed by atoms with E-state index in [4.69, 9.17) is 0 Å². The summed E-state index contributed by atoms with van der Waals surface area (Å²) in [4.78, 5) is 12.3. The smallest absolute Gasteiger partial charge is 0.404 e. The highest BCUT2D eigenvalue weighted by Crippen LogP contribution is 2.26. The van der Waals surface area contributed by atoms with Crippen molar-refractivity contribution < 1.29 is 15.0 Å². The molecule has 0 bridgehead atoms. The van der Waals surface area contributed by atoms with E-state index in [1.165, 1.54) is 12.8 Å². The van der Waals surface area contributed by atoms with Gasteiger partial charge in [0.25, 0.3) is 0 Å². The molecule has 0 radical (unpaired) electrons. The number of carboxylic acid groups (broad SMARTS) is 1. The molecular weight excluding hydrogens is 446 g/mol. The maximum atomic E-state index is 11.2. The maximum Gasteiger partial charge on any atom is 0.404 e. The van der Waals surface area contributed by atoms with Gasteiger partial charge in [-0.15, -0.1) is 0 Å². The molecule has 0 aromatic heterocycles. The van der Waals surface area contributed by atoms with E-state index in [2.05, 4.69) is 48.7 Å². The van der Waals surface area contributed by atoms with E-state index in [0.29, 0.717) is 13.0 Å². The van der Waals surface area contributed by atoms with Gasteiger partial charge in [0.15, 0.2) is 0 Å². The first kappa shape index (κ1) is 29.8. The molecule has 7 heteroatoms. The van der Waals surface area contributed by atoms with Crippen LogP contribution in [0.25, 0.3) is 0 Å². The number of anilines is 1. The first-order valence-electron chi connectivity index (χ1n) is 12.2. The van der Waals surface area contributed by atoms with Gasteiger partial charge >= 0.3 is 6.09 Å². The van der Waals surface area contributed by atoms with Crippen molar-refractivity contribution in [1.82, 2.24) is 9.62 Å². The summed E-state index contributed by atoms with van der Waals surface area (Å²) in [5, 5.41) is 25.6. The largest absolute Gasteiger partial charge is 0.465 e.